The summed E-state index contributed by atoms with van der Waals surface area (Å²) in [4.78, 5) is 0.977. The Hall–Kier alpha value is -0.710. The fourth-order valence-corrected chi connectivity index (χ4v) is 4.12. The predicted molar refractivity (Wildman–Crippen MR) is 92.0 cm³/mol. The molecule has 1 atom stereocenters. The van der Waals surface area contributed by atoms with E-state index in [1.807, 2.05) is 26.0 Å². The molecule has 1 N–H and O–H groups in total. The van der Waals surface area contributed by atoms with Gasteiger partial charge >= 0.3 is 0 Å². The van der Waals surface area contributed by atoms with Gasteiger partial charge in [-0.3, -0.25) is 0 Å². The molecule has 0 radical (unpaired) electrons. The minimum Gasteiger partial charge on any atom is -0.485 e. The lowest BCUT2D eigenvalue weighted by atomic mass is 10.3. The molecule has 0 amide bonds. The summed E-state index contributed by atoms with van der Waals surface area (Å²) in [6, 6.07) is 2.03. The van der Waals surface area contributed by atoms with Gasteiger partial charge in [-0.2, -0.15) is 0 Å². The molecular weight excluding hydrogens is 319 g/mol. The maximum Gasteiger partial charge on any atom is 0.211 e. The van der Waals surface area contributed by atoms with Crippen molar-refractivity contribution in [3.8, 4) is 0 Å². The number of thiophene rings is 1. The highest BCUT2D eigenvalue weighted by Gasteiger charge is 2.11. The smallest absolute Gasteiger partial charge is 0.211 e. The molecule has 6 heteroatoms. The molecule has 0 fully saturated rings. The van der Waals surface area contributed by atoms with Gasteiger partial charge in [-0.1, -0.05) is 6.08 Å². The Morgan fingerprint density at radius 1 is 1.27 bits per heavy atom. The topological polar surface area (TPSA) is 47.9 Å². The van der Waals surface area contributed by atoms with Crippen molar-refractivity contribution in [2.24, 2.45) is 0 Å². The van der Waals surface area contributed by atoms with Crippen LogP contribution >= 0.6 is 19.7 Å². The van der Waals surface area contributed by atoms with Crippen molar-refractivity contribution in [3.05, 3.63) is 32.5 Å². The number of ether oxygens (including phenoxy) is 1. The van der Waals surface area contributed by atoms with Gasteiger partial charge in [0.25, 0.3) is 0 Å². The summed E-state index contributed by atoms with van der Waals surface area (Å²) >= 11 is 1.63. The third kappa shape index (κ3) is 4.90. The quantitative estimate of drug-likeness (QED) is 0.738. The van der Waals surface area contributed by atoms with Gasteiger partial charge in [0.1, 0.15) is 5.76 Å². The van der Waals surface area contributed by atoms with Crippen LogP contribution in [0.2, 0.25) is 0 Å². The van der Waals surface area contributed by atoms with Gasteiger partial charge in [0.15, 0.2) is 6.35 Å². The second kappa shape index (κ2) is 8.80. The minimum absolute atomic E-state index is 0.433. The molecule has 122 valence electrons. The molecule has 4 nitrogen and oxygen atoms in total. The van der Waals surface area contributed by atoms with E-state index in [0.717, 1.165) is 22.3 Å². The zero-order valence-corrected chi connectivity index (χ0v) is 15.0. The van der Waals surface area contributed by atoms with Crippen molar-refractivity contribution >= 4 is 31.9 Å². The zero-order valence-electron chi connectivity index (χ0n) is 13.2. The Labute approximate surface area is 136 Å². The van der Waals surface area contributed by atoms with Crippen LogP contribution in [0.3, 0.4) is 0 Å². The van der Waals surface area contributed by atoms with Crippen LogP contribution in [-0.2, 0) is 13.8 Å². The number of rotatable bonds is 8. The fraction of sp³-hybridized carbons (Fsp3) is 0.500. The lowest BCUT2D eigenvalue weighted by molar-refractivity contribution is 0.203. The number of allylic oxidation sites excluding steroid dienone is 2. The van der Waals surface area contributed by atoms with E-state index in [-0.39, 0.29) is 0 Å². The van der Waals surface area contributed by atoms with Gasteiger partial charge < -0.3 is 18.9 Å². The van der Waals surface area contributed by atoms with E-state index >= 15 is 0 Å². The number of hydrogen-bond acceptors (Lipinski definition) is 5. The first-order valence-corrected chi connectivity index (χ1v) is 9.68. The van der Waals surface area contributed by atoms with Crippen molar-refractivity contribution in [2.45, 2.75) is 33.3 Å². The van der Waals surface area contributed by atoms with Crippen molar-refractivity contribution in [2.75, 3.05) is 19.6 Å². The molecule has 0 saturated heterocycles. The summed E-state index contributed by atoms with van der Waals surface area (Å²) < 4.78 is 18.1. The average molecular weight is 342 g/mol. The maximum atomic E-state index is 9.71. The van der Waals surface area contributed by atoms with Gasteiger partial charge in [0, 0.05) is 9.41 Å². The zero-order chi connectivity index (χ0) is 15.9. The molecular formula is C16H23O4PS. The van der Waals surface area contributed by atoms with E-state index in [1.54, 1.807) is 18.3 Å². The summed E-state index contributed by atoms with van der Waals surface area (Å²) in [5.41, 5.74) is 0. The second-order valence-corrected chi connectivity index (χ2v) is 7.33. The van der Waals surface area contributed by atoms with E-state index in [0.29, 0.717) is 19.6 Å². The SMILES string of the molecule is CCOP(COC1=CCC=c2sc(C(C)O)cc2=C1)OCC. The second-order valence-electron chi connectivity index (χ2n) is 4.78. The Kier molecular flexibility index (Phi) is 7.06. The number of hydrogen-bond donors (Lipinski definition) is 1. The maximum absolute atomic E-state index is 9.71. The molecule has 1 aliphatic rings. The number of aliphatic hydroxyl groups is 1. The molecule has 0 bridgehead atoms. The first kappa shape index (κ1) is 17.6. The predicted octanol–water partition coefficient (Wildman–Crippen LogP) is 3.01. The van der Waals surface area contributed by atoms with E-state index < -0.39 is 14.5 Å². The Balaban J connectivity index is 2.08. The molecule has 1 aliphatic carbocycles. The van der Waals surface area contributed by atoms with Gasteiger partial charge in [0.2, 0.25) is 8.38 Å². The van der Waals surface area contributed by atoms with Crippen LogP contribution in [0.1, 0.15) is 38.2 Å². The van der Waals surface area contributed by atoms with Crippen molar-refractivity contribution in [1.82, 2.24) is 0 Å². The van der Waals surface area contributed by atoms with Crippen molar-refractivity contribution in [1.29, 1.82) is 0 Å². The van der Waals surface area contributed by atoms with Crippen molar-refractivity contribution in [3.63, 3.8) is 0 Å². The van der Waals surface area contributed by atoms with E-state index in [4.69, 9.17) is 13.8 Å². The van der Waals surface area contributed by atoms with Gasteiger partial charge in [-0.15, -0.1) is 11.3 Å². The first-order valence-electron chi connectivity index (χ1n) is 7.50. The molecule has 22 heavy (non-hydrogen) atoms. The van der Waals surface area contributed by atoms with Gasteiger partial charge in [-0.05, 0) is 50.6 Å². The normalized spacial score (nSPS) is 15.4. The molecule has 0 spiro atoms. The molecule has 1 unspecified atom stereocenters. The van der Waals surface area contributed by atoms with Crippen LogP contribution in [0.15, 0.2) is 17.9 Å². The highest BCUT2D eigenvalue weighted by Crippen LogP contribution is 2.38. The average Bonchev–Trinajstić information content (AvgIpc) is 2.79. The van der Waals surface area contributed by atoms with Crippen LogP contribution < -0.4 is 9.75 Å². The van der Waals surface area contributed by atoms with Crippen LogP contribution in [0.4, 0.5) is 0 Å². The standard InChI is InChI=1S/C16H23O4PS/c1-4-19-21(20-5-2)11-18-14-7-6-8-15-13(9-14)10-16(22-15)12(3)17/h7-10,12,17H,4-6,11H2,1-3H3. The summed E-state index contributed by atoms with van der Waals surface area (Å²) in [6.07, 6.45) is 7.05. The molecule has 1 aromatic heterocycles. The largest absolute Gasteiger partial charge is 0.485 e. The van der Waals surface area contributed by atoms with Gasteiger partial charge in [0.05, 0.1) is 19.3 Å². The van der Waals surface area contributed by atoms with Crippen LogP contribution in [0.25, 0.3) is 12.2 Å². The molecule has 2 rings (SSSR count). The summed E-state index contributed by atoms with van der Waals surface area (Å²) in [5, 5.41) is 10.8. The summed E-state index contributed by atoms with van der Waals surface area (Å²) in [7, 11) is -0.997. The van der Waals surface area contributed by atoms with E-state index in [2.05, 4.69) is 12.2 Å². The van der Waals surface area contributed by atoms with Crippen LogP contribution in [-0.4, -0.2) is 24.7 Å². The Bertz CT molecular complexity index is 615. The third-order valence-electron chi connectivity index (χ3n) is 3.02. The molecule has 0 saturated carbocycles. The van der Waals surface area contributed by atoms with Crippen LogP contribution in [0, 0.1) is 0 Å². The molecule has 0 aliphatic heterocycles. The third-order valence-corrected chi connectivity index (χ3v) is 5.77. The number of fused-ring (bicyclic) bond motifs is 1. The number of aliphatic hydroxyl groups excluding tert-OH is 1. The highest BCUT2D eigenvalue weighted by atomic mass is 32.1. The van der Waals surface area contributed by atoms with Crippen molar-refractivity contribution < 1.29 is 18.9 Å². The minimum atomic E-state index is -0.997. The van der Waals surface area contributed by atoms with E-state index in [1.165, 1.54) is 4.53 Å². The highest BCUT2D eigenvalue weighted by molar-refractivity contribution is 7.47. The Morgan fingerprint density at radius 2 is 2.00 bits per heavy atom. The molecule has 0 aromatic carbocycles. The molecule has 1 heterocycles. The van der Waals surface area contributed by atoms with Crippen LogP contribution in [0.5, 0.6) is 0 Å². The first-order chi connectivity index (χ1) is 10.6. The fourth-order valence-electron chi connectivity index (χ4n) is 2.04. The Morgan fingerprint density at radius 3 is 2.64 bits per heavy atom. The summed E-state index contributed by atoms with van der Waals surface area (Å²) in [5.74, 6) is 0.830. The van der Waals surface area contributed by atoms with Gasteiger partial charge in [-0.25, -0.2) is 0 Å². The molecule has 1 aromatic rings. The lowest BCUT2D eigenvalue weighted by Gasteiger charge is -2.16. The van der Waals surface area contributed by atoms with E-state index in [9.17, 15) is 5.11 Å². The lowest BCUT2D eigenvalue weighted by Crippen LogP contribution is -2.16. The monoisotopic (exact) mass is 342 g/mol. The summed E-state index contributed by atoms with van der Waals surface area (Å²) in [6.45, 7) is 6.94.